The van der Waals surface area contributed by atoms with Gasteiger partial charge in [-0.05, 0) is 122 Å². The molecule has 0 heterocycles. The van der Waals surface area contributed by atoms with Gasteiger partial charge in [-0.3, -0.25) is 9.98 Å². The highest BCUT2D eigenvalue weighted by atomic mass is 14.8. The van der Waals surface area contributed by atoms with Crippen molar-refractivity contribution in [3.05, 3.63) is 82.4 Å². The second-order valence-electron chi connectivity index (χ2n) is 12.0. The van der Waals surface area contributed by atoms with Gasteiger partial charge in [0.05, 0.1) is 17.1 Å². The Labute approximate surface area is 257 Å². The zero-order valence-corrected chi connectivity index (χ0v) is 27.6. The molecule has 3 rings (SSSR count). The molecular formula is C40H56N2. The van der Waals surface area contributed by atoms with Gasteiger partial charge < -0.3 is 0 Å². The molecule has 0 amide bonds. The molecule has 2 heteroatoms. The van der Waals surface area contributed by atoms with Gasteiger partial charge in [0.2, 0.25) is 0 Å². The summed E-state index contributed by atoms with van der Waals surface area (Å²) in [5, 5.41) is 0. The minimum absolute atomic E-state index is 0.846. The number of benzene rings is 3. The van der Waals surface area contributed by atoms with E-state index in [1.165, 1.54) is 104 Å². The van der Waals surface area contributed by atoms with Crippen molar-refractivity contribution in [2.75, 3.05) is 0 Å². The molecule has 0 aliphatic heterocycles. The van der Waals surface area contributed by atoms with Crippen molar-refractivity contribution in [1.29, 1.82) is 0 Å². The van der Waals surface area contributed by atoms with E-state index in [2.05, 4.69) is 96.1 Å². The molecule has 226 valence electrons. The summed E-state index contributed by atoms with van der Waals surface area (Å²) in [5.41, 5.74) is 12.9. The van der Waals surface area contributed by atoms with Crippen LogP contribution in [0.3, 0.4) is 0 Å². The Kier molecular flexibility index (Phi) is 14.8. The number of hydrogen-bond donors (Lipinski definition) is 0. The van der Waals surface area contributed by atoms with Crippen molar-refractivity contribution in [3.8, 4) is 11.1 Å². The highest BCUT2D eigenvalue weighted by molar-refractivity contribution is 6.31. The first-order valence-electron chi connectivity index (χ1n) is 16.9. The molecule has 0 aliphatic carbocycles. The van der Waals surface area contributed by atoms with Gasteiger partial charge >= 0.3 is 0 Å². The van der Waals surface area contributed by atoms with Gasteiger partial charge in [-0.15, -0.1) is 0 Å². The summed E-state index contributed by atoms with van der Waals surface area (Å²) in [5.74, 6) is 0. The first-order valence-corrected chi connectivity index (χ1v) is 16.9. The Hall–Kier alpha value is -3.00. The van der Waals surface area contributed by atoms with Crippen LogP contribution in [0.1, 0.15) is 126 Å². The van der Waals surface area contributed by atoms with Gasteiger partial charge in [0.1, 0.15) is 0 Å². The summed E-state index contributed by atoms with van der Waals surface area (Å²) < 4.78 is 0. The molecule has 0 aromatic heterocycles. The largest absolute Gasteiger partial charge is 0.255 e. The first-order chi connectivity index (χ1) is 20.5. The zero-order chi connectivity index (χ0) is 30.2. The molecule has 0 bridgehead atoms. The summed E-state index contributed by atoms with van der Waals surface area (Å²) in [6.45, 7) is 13.5. The lowest BCUT2D eigenvalue weighted by molar-refractivity contribution is 0.605. The van der Waals surface area contributed by atoms with Gasteiger partial charge in [0.25, 0.3) is 0 Å². The molecule has 0 unspecified atom stereocenters. The maximum absolute atomic E-state index is 5.11. The molecule has 3 aromatic carbocycles. The van der Waals surface area contributed by atoms with Crippen LogP contribution in [0.25, 0.3) is 11.1 Å². The highest BCUT2D eigenvalue weighted by Gasteiger charge is 2.11. The van der Waals surface area contributed by atoms with E-state index in [4.69, 9.17) is 9.98 Å². The molecule has 0 N–H and O–H groups in total. The van der Waals surface area contributed by atoms with E-state index in [0.717, 1.165) is 36.3 Å². The molecule has 0 atom stereocenters. The summed E-state index contributed by atoms with van der Waals surface area (Å²) in [6, 6.07) is 19.9. The van der Waals surface area contributed by atoms with Gasteiger partial charge in [-0.2, -0.15) is 0 Å². The van der Waals surface area contributed by atoms with Crippen LogP contribution < -0.4 is 0 Å². The molecule has 3 aromatic rings. The van der Waals surface area contributed by atoms with Crippen LogP contribution in [0.15, 0.2) is 64.6 Å². The van der Waals surface area contributed by atoms with Gasteiger partial charge in [-0.25, -0.2) is 0 Å². The molecule has 0 spiro atoms. The second kappa shape index (κ2) is 18.5. The van der Waals surface area contributed by atoms with Gasteiger partial charge in [0.15, 0.2) is 0 Å². The first kappa shape index (κ1) is 33.5. The van der Waals surface area contributed by atoms with Crippen LogP contribution in [-0.2, 0) is 19.3 Å². The minimum Gasteiger partial charge on any atom is -0.255 e. The van der Waals surface area contributed by atoms with Gasteiger partial charge in [-0.1, -0.05) is 103 Å². The Morgan fingerprint density at radius 3 is 1.95 bits per heavy atom. The average Bonchev–Trinajstić information content (AvgIpc) is 3.00. The van der Waals surface area contributed by atoms with Crippen LogP contribution in [0.4, 0.5) is 11.4 Å². The van der Waals surface area contributed by atoms with E-state index >= 15 is 0 Å². The topological polar surface area (TPSA) is 24.7 Å². The summed E-state index contributed by atoms with van der Waals surface area (Å²) >= 11 is 0. The predicted molar refractivity (Wildman–Crippen MR) is 188 cm³/mol. The Morgan fingerprint density at radius 2 is 1.24 bits per heavy atom. The molecule has 0 fully saturated rings. The molecule has 0 aliphatic rings. The fourth-order valence-electron chi connectivity index (χ4n) is 5.91. The fourth-order valence-corrected chi connectivity index (χ4v) is 5.91. The second-order valence-corrected chi connectivity index (χ2v) is 12.0. The van der Waals surface area contributed by atoms with Crippen molar-refractivity contribution >= 4 is 23.3 Å². The number of unbranched alkanes of at least 4 members (excludes halogenated alkanes) is 7. The third kappa shape index (κ3) is 10.4. The van der Waals surface area contributed by atoms with E-state index < -0.39 is 0 Å². The smallest absolute Gasteiger partial charge is 0.0642 e. The van der Waals surface area contributed by atoms with Gasteiger partial charge in [0, 0.05) is 6.21 Å². The Morgan fingerprint density at radius 1 is 0.619 bits per heavy atom. The highest BCUT2D eigenvalue weighted by Crippen LogP contribution is 2.33. The normalized spacial score (nSPS) is 12.0. The van der Waals surface area contributed by atoms with E-state index in [1.54, 1.807) is 5.56 Å². The predicted octanol–water partition coefficient (Wildman–Crippen LogP) is 12.4. The maximum Gasteiger partial charge on any atom is 0.0642 e. The average molecular weight is 565 g/mol. The standard InChI is InChI=1S/C40H56N2/c1-7-11-14-15-16-20-25-38-31(5)26-36(28-34(38)21-12-8-2)41-30-35(10-4)42-37-27-32(6)39(24-13-9-3)40(29-37)33-22-18-17-19-23-33/h17-19,22-23,26-30H,7-16,20-21,24-25H2,1-6H3. The number of rotatable bonds is 18. The lowest BCUT2D eigenvalue weighted by atomic mass is 9.92. The minimum atomic E-state index is 0.846. The summed E-state index contributed by atoms with van der Waals surface area (Å²) in [7, 11) is 0. The monoisotopic (exact) mass is 564 g/mol. The van der Waals surface area contributed by atoms with E-state index in [-0.39, 0.29) is 0 Å². The fraction of sp³-hybridized carbons (Fsp3) is 0.500. The Balaban J connectivity index is 1.86. The lowest BCUT2D eigenvalue weighted by Gasteiger charge is -2.15. The quantitative estimate of drug-likeness (QED) is 0.108. The SMILES string of the molecule is CCCCCCCCc1c(C)cc(N=CC(CC)=Nc2cc(C)c(CCCC)c(-c3ccccc3)c2)cc1CCCC. The van der Waals surface area contributed by atoms with Crippen LogP contribution in [0, 0.1) is 13.8 Å². The molecule has 0 radical (unpaired) electrons. The number of hydrogen-bond acceptors (Lipinski definition) is 2. The summed E-state index contributed by atoms with van der Waals surface area (Å²) in [6.07, 6.45) is 19.2. The number of nitrogens with zero attached hydrogens (tertiary/aromatic N) is 2. The molecular weight excluding hydrogens is 508 g/mol. The van der Waals surface area contributed by atoms with Crippen LogP contribution in [-0.4, -0.2) is 11.9 Å². The lowest BCUT2D eigenvalue weighted by Crippen LogP contribution is -2.00. The van der Waals surface area contributed by atoms with Crippen molar-refractivity contribution in [2.45, 2.75) is 131 Å². The van der Waals surface area contributed by atoms with E-state index in [0.29, 0.717) is 0 Å². The summed E-state index contributed by atoms with van der Waals surface area (Å²) in [4.78, 5) is 10.1. The van der Waals surface area contributed by atoms with Crippen molar-refractivity contribution in [1.82, 2.24) is 0 Å². The third-order valence-corrected chi connectivity index (χ3v) is 8.45. The third-order valence-electron chi connectivity index (χ3n) is 8.45. The number of aryl methyl sites for hydroxylation is 3. The van der Waals surface area contributed by atoms with E-state index in [1.807, 2.05) is 6.21 Å². The maximum atomic E-state index is 5.11. The van der Waals surface area contributed by atoms with Crippen LogP contribution >= 0.6 is 0 Å². The molecule has 2 nitrogen and oxygen atoms in total. The molecule has 0 saturated heterocycles. The zero-order valence-electron chi connectivity index (χ0n) is 27.6. The van der Waals surface area contributed by atoms with Crippen molar-refractivity contribution < 1.29 is 0 Å². The molecule has 42 heavy (non-hydrogen) atoms. The van der Waals surface area contributed by atoms with Crippen LogP contribution in [0.5, 0.6) is 0 Å². The van der Waals surface area contributed by atoms with Crippen molar-refractivity contribution in [2.24, 2.45) is 9.98 Å². The van der Waals surface area contributed by atoms with E-state index in [9.17, 15) is 0 Å². The van der Waals surface area contributed by atoms with Crippen LogP contribution in [0.2, 0.25) is 0 Å². The Bertz CT molecular complexity index is 1280. The molecule has 0 saturated carbocycles. The number of aliphatic imine (C=N–C) groups is 2. The van der Waals surface area contributed by atoms with Crippen molar-refractivity contribution in [3.63, 3.8) is 0 Å².